The number of hydrogen-bond acceptors (Lipinski definition) is 7. The van der Waals surface area contributed by atoms with Gasteiger partial charge in [-0.1, -0.05) is 97.1 Å². The van der Waals surface area contributed by atoms with E-state index in [2.05, 4.69) is 4.98 Å². The highest BCUT2D eigenvalue weighted by molar-refractivity contribution is 7.91. The molecule has 8 heteroatoms. The molecule has 4 aromatic rings. The van der Waals surface area contributed by atoms with E-state index in [-0.39, 0.29) is 24.8 Å². The average Bonchev–Trinajstić information content (AvgIpc) is 3.35. The Bertz CT molecular complexity index is 1390. The fourth-order valence-electron chi connectivity index (χ4n) is 4.49. The van der Waals surface area contributed by atoms with Crippen LogP contribution >= 0.6 is 0 Å². The van der Waals surface area contributed by atoms with Crippen molar-refractivity contribution in [1.82, 2.24) is 4.98 Å². The Hall–Kier alpha value is -3.40. The Balaban J connectivity index is 1.41. The SMILES string of the molecule is O=S(=O)(c1ccccn1)[C@H]1O[C@H](COCc2ccccc2)[C@@H](OCc2ccccc2)[C@@H]1OCc1ccccc1. The van der Waals surface area contributed by atoms with Crippen molar-refractivity contribution in [2.45, 2.75) is 48.6 Å². The third kappa shape index (κ3) is 6.98. The molecule has 1 fully saturated rings. The molecule has 1 saturated heterocycles. The van der Waals surface area contributed by atoms with Crippen LogP contribution in [-0.2, 0) is 48.6 Å². The van der Waals surface area contributed by atoms with Gasteiger partial charge in [-0.25, -0.2) is 13.4 Å². The van der Waals surface area contributed by atoms with Crippen LogP contribution in [0.4, 0.5) is 0 Å². The number of benzene rings is 3. The molecule has 5 rings (SSSR count). The molecule has 39 heavy (non-hydrogen) atoms. The Labute approximate surface area is 229 Å². The number of nitrogens with zero attached hydrogens (tertiary/aromatic N) is 1. The summed E-state index contributed by atoms with van der Waals surface area (Å²) in [7, 11) is -4.01. The summed E-state index contributed by atoms with van der Waals surface area (Å²) < 4.78 is 52.4. The Morgan fingerprint density at radius 3 is 1.69 bits per heavy atom. The van der Waals surface area contributed by atoms with Gasteiger partial charge in [-0.3, -0.25) is 0 Å². The largest absolute Gasteiger partial charge is 0.374 e. The van der Waals surface area contributed by atoms with Gasteiger partial charge < -0.3 is 18.9 Å². The van der Waals surface area contributed by atoms with Gasteiger partial charge in [-0.05, 0) is 28.8 Å². The first-order valence-electron chi connectivity index (χ1n) is 12.8. The third-order valence-electron chi connectivity index (χ3n) is 6.47. The second-order valence-electron chi connectivity index (χ2n) is 9.28. The minimum Gasteiger partial charge on any atom is -0.374 e. The molecule has 0 spiro atoms. The molecule has 0 bridgehead atoms. The topological polar surface area (TPSA) is 84.0 Å². The summed E-state index contributed by atoms with van der Waals surface area (Å²) in [5.74, 6) is 0. The van der Waals surface area contributed by atoms with Gasteiger partial charge in [0.25, 0.3) is 0 Å². The van der Waals surface area contributed by atoms with E-state index in [1.807, 2.05) is 91.0 Å². The second kappa shape index (κ2) is 13.1. The van der Waals surface area contributed by atoms with Crippen LogP contribution < -0.4 is 0 Å². The van der Waals surface area contributed by atoms with Gasteiger partial charge in [0, 0.05) is 6.20 Å². The molecule has 3 aromatic carbocycles. The zero-order valence-corrected chi connectivity index (χ0v) is 22.2. The van der Waals surface area contributed by atoms with Gasteiger partial charge in [0.15, 0.2) is 10.5 Å². The Morgan fingerprint density at radius 2 is 1.15 bits per heavy atom. The van der Waals surface area contributed by atoms with E-state index in [1.54, 1.807) is 12.1 Å². The first-order valence-corrected chi connectivity index (χ1v) is 14.4. The summed E-state index contributed by atoms with van der Waals surface area (Å²) in [5.41, 5.74) is 1.56. The van der Waals surface area contributed by atoms with Gasteiger partial charge in [-0.2, -0.15) is 0 Å². The van der Waals surface area contributed by atoms with Crippen LogP contribution in [0.2, 0.25) is 0 Å². The maximum atomic E-state index is 13.8. The first-order chi connectivity index (χ1) is 19.1. The Kier molecular flexibility index (Phi) is 9.13. The van der Waals surface area contributed by atoms with Crippen LogP contribution in [0.25, 0.3) is 0 Å². The predicted octanol–water partition coefficient (Wildman–Crippen LogP) is 4.97. The molecule has 0 saturated carbocycles. The van der Waals surface area contributed by atoms with Gasteiger partial charge in [-0.15, -0.1) is 0 Å². The molecule has 7 nitrogen and oxygen atoms in total. The maximum absolute atomic E-state index is 13.8. The van der Waals surface area contributed by atoms with Gasteiger partial charge in [0.1, 0.15) is 18.3 Å². The summed E-state index contributed by atoms with van der Waals surface area (Å²) in [5, 5.41) is -0.0732. The summed E-state index contributed by atoms with van der Waals surface area (Å²) in [6.45, 7) is 0.963. The van der Waals surface area contributed by atoms with Crippen molar-refractivity contribution in [2.75, 3.05) is 6.61 Å². The highest BCUT2D eigenvalue weighted by Crippen LogP contribution is 2.34. The zero-order valence-electron chi connectivity index (χ0n) is 21.4. The van der Waals surface area contributed by atoms with Gasteiger partial charge in [0.05, 0.1) is 26.4 Å². The van der Waals surface area contributed by atoms with Gasteiger partial charge in [0.2, 0.25) is 9.84 Å². The van der Waals surface area contributed by atoms with Crippen LogP contribution in [-0.4, -0.2) is 43.8 Å². The summed E-state index contributed by atoms with van der Waals surface area (Å²) in [6, 6.07) is 33.9. The number of hydrogen-bond donors (Lipinski definition) is 0. The van der Waals surface area contributed by atoms with Crippen molar-refractivity contribution < 1.29 is 27.4 Å². The lowest BCUT2D eigenvalue weighted by Crippen LogP contribution is -2.41. The lowest BCUT2D eigenvalue weighted by molar-refractivity contribution is -0.0896. The van der Waals surface area contributed by atoms with E-state index in [0.29, 0.717) is 6.61 Å². The summed E-state index contributed by atoms with van der Waals surface area (Å²) in [4.78, 5) is 4.10. The fraction of sp³-hybridized carbons (Fsp3) is 0.258. The van der Waals surface area contributed by atoms with E-state index < -0.39 is 33.6 Å². The molecular formula is C31H31NO6S. The average molecular weight is 546 g/mol. The molecular weight excluding hydrogens is 514 g/mol. The van der Waals surface area contributed by atoms with Crippen LogP contribution in [0.15, 0.2) is 120 Å². The smallest absolute Gasteiger partial charge is 0.225 e. The third-order valence-corrected chi connectivity index (χ3v) is 8.28. The molecule has 0 unspecified atom stereocenters. The number of aromatic nitrogens is 1. The van der Waals surface area contributed by atoms with Crippen LogP contribution in [0.5, 0.6) is 0 Å². The van der Waals surface area contributed by atoms with Crippen molar-refractivity contribution in [3.8, 4) is 0 Å². The predicted molar refractivity (Wildman–Crippen MR) is 146 cm³/mol. The molecule has 1 aliphatic heterocycles. The summed E-state index contributed by atoms with van der Waals surface area (Å²) >= 11 is 0. The van der Waals surface area contributed by atoms with Crippen LogP contribution in [0.1, 0.15) is 16.7 Å². The van der Waals surface area contributed by atoms with E-state index in [4.69, 9.17) is 18.9 Å². The number of rotatable bonds is 12. The number of sulfone groups is 1. The standard InChI is InChI=1S/C31H31NO6S/c33-39(34,28-18-10-11-19-32-28)31-30(37-22-26-16-8-3-9-17-26)29(36-21-25-14-6-2-7-15-25)27(38-31)23-35-20-24-12-4-1-5-13-24/h1-19,27,29-31H,20-23H2/t27-,29-,30+,31-/m1/s1. The quantitative estimate of drug-likeness (QED) is 0.249. The minimum atomic E-state index is -4.01. The lowest BCUT2D eigenvalue weighted by Gasteiger charge is -2.25. The molecule has 0 N–H and O–H groups in total. The number of ether oxygens (including phenoxy) is 4. The van der Waals surface area contributed by atoms with Gasteiger partial charge >= 0.3 is 0 Å². The van der Waals surface area contributed by atoms with E-state index >= 15 is 0 Å². The van der Waals surface area contributed by atoms with Crippen LogP contribution in [0.3, 0.4) is 0 Å². The fourth-order valence-corrected chi connectivity index (χ4v) is 6.08. The molecule has 1 aromatic heterocycles. The van der Waals surface area contributed by atoms with Crippen molar-refractivity contribution in [3.63, 3.8) is 0 Å². The maximum Gasteiger partial charge on any atom is 0.225 e. The number of pyridine rings is 1. The minimum absolute atomic E-state index is 0.0732. The van der Waals surface area contributed by atoms with Crippen LogP contribution in [0, 0.1) is 0 Å². The van der Waals surface area contributed by atoms with Crippen molar-refractivity contribution in [3.05, 3.63) is 132 Å². The normalized spacial score (nSPS) is 21.1. The molecule has 1 aliphatic rings. The van der Waals surface area contributed by atoms with E-state index in [9.17, 15) is 8.42 Å². The van der Waals surface area contributed by atoms with E-state index in [1.165, 1.54) is 12.3 Å². The van der Waals surface area contributed by atoms with Crippen molar-refractivity contribution >= 4 is 9.84 Å². The second-order valence-corrected chi connectivity index (χ2v) is 11.3. The van der Waals surface area contributed by atoms with Crippen molar-refractivity contribution in [1.29, 1.82) is 0 Å². The molecule has 4 atom stereocenters. The molecule has 0 amide bonds. The first kappa shape index (κ1) is 27.2. The monoisotopic (exact) mass is 545 g/mol. The molecule has 0 radical (unpaired) electrons. The summed E-state index contributed by atoms with van der Waals surface area (Å²) in [6.07, 6.45) is -0.841. The highest BCUT2D eigenvalue weighted by atomic mass is 32.2. The molecule has 2 heterocycles. The molecule has 202 valence electrons. The van der Waals surface area contributed by atoms with E-state index in [0.717, 1.165) is 16.7 Å². The lowest BCUT2D eigenvalue weighted by atomic mass is 10.1. The molecule has 0 aliphatic carbocycles. The highest BCUT2D eigenvalue weighted by Gasteiger charge is 2.53. The Morgan fingerprint density at radius 1 is 0.641 bits per heavy atom. The van der Waals surface area contributed by atoms with Crippen molar-refractivity contribution in [2.24, 2.45) is 0 Å². The zero-order chi connectivity index (χ0) is 26.9.